The van der Waals surface area contributed by atoms with Gasteiger partial charge in [-0.25, -0.2) is 0 Å². The molecule has 1 N–H and O–H groups in total. The predicted octanol–water partition coefficient (Wildman–Crippen LogP) is 1.52. The summed E-state index contributed by atoms with van der Waals surface area (Å²) in [5.41, 5.74) is 1.19. The van der Waals surface area contributed by atoms with Crippen molar-refractivity contribution >= 4 is 23.2 Å². The van der Waals surface area contributed by atoms with Gasteiger partial charge >= 0.3 is 0 Å². The smallest absolute Gasteiger partial charge is 0.270 e. The number of nitrogens with one attached hydrogen (secondary N) is 1. The van der Waals surface area contributed by atoms with Gasteiger partial charge in [-0.05, 0) is 24.3 Å². The third-order valence-electron chi connectivity index (χ3n) is 5.04. The van der Waals surface area contributed by atoms with Crippen LogP contribution in [0.15, 0.2) is 36.4 Å². The van der Waals surface area contributed by atoms with Crippen LogP contribution in [0.2, 0.25) is 5.02 Å². The van der Waals surface area contributed by atoms with Crippen molar-refractivity contribution in [2.45, 2.75) is 6.54 Å². The molecule has 0 spiro atoms. The molecule has 2 aliphatic heterocycles. The Hall–Kier alpha value is -2.84. The number of amides is 1. The number of nitro benzene ring substituents is 1. The van der Waals surface area contributed by atoms with Gasteiger partial charge in [0.25, 0.3) is 11.6 Å². The van der Waals surface area contributed by atoms with Gasteiger partial charge in [-0.2, -0.15) is 0 Å². The number of hydrogen-bond donors (Lipinski definition) is 1. The lowest BCUT2D eigenvalue weighted by Crippen LogP contribution is -3.13. The van der Waals surface area contributed by atoms with Crippen molar-refractivity contribution < 1.29 is 24.1 Å². The summed E-state index contributed by atoms with van der Waals surface area (Å²) in [7, 11) is 0. The molecule has 28 heavy (non-hydrogen) atoms. The normalized spacial score (nSPS) is 16.2. The van der Waals surface area contributed by atoms with E-state index in [1.165, 1.54) is 23.1 Å². The van der Waals surface area contributed by atoms with Crippen LogP contribution in [0.1, 0.15) is 15.9 Å². The number of piperazine rings is 1. The summed E-state index contributed by atoms with van der Waals surface area (Å²) in [5, 5.41) is 11.2. The van der Waals surface area contributed by atoms with Crippen LogP contribution in [-0.2, 0) is 6.54 Å². The highest BCUT2D eigenvalue weighted by atomic mass is 35.5. The molecule has 0 aliphatic carbocycles. The fourth-order valence-corrected chi connectivity index (χ4v) is 3.70. The summed E-state index contributed by atoms with van der Waals surface area (Å²) in [5.74, 6) is 1.27. The molecule has 0 unspecified atom stereocenters. The predicted molar refractivity (Wildman–Crippen MR) is 101 cm³/mol. The zero-order chi connectivity index (χ0) is 19.7. The lowest BCUT2D eigenvalue weighted by molar-refractivity contribution is -0.917. The minimum Gasteiger partial charge on any atom is -0.454 e. The number of nitrogens with zero attached hydrogens (tertiary/aromatic N) is 2. The first-order valence-electron chi connectivity index (χ1n) is 8.96. The van der Waals surface area contributed by atoms with Crippen LogP contribution in [0.3, 0.4) is 0 Å². The van der Waals surface area contributed by atoms with Gasteiger partial charge in [0.1, 0.15) is 6.54 Å². The molecule has 0 radical (unpaired) electrons. The molecule has 1 saturated heterocycles. The average molecular weight is 405 g/mol. The lowest BCUT2D eigenvalue weighted by atomic mass is 10.1. The maximum absolute atomic E-state index is 12.8. The molecule has 0 saturated carbocycles. The third-order valence-corrected chi connectivity index (χ3v) is 5.37. The summed E-state index contributed by atoms with van der Waals surface area (Å²) in [6.45, 7) is 3.79. The molecule has 2 aromatic carbocycles. The van der Waals surface area contributed by atoms with Crippen LogP contribution < -0.4 is 14.4 Å². The summed E-state index contributed by atoms with van der Waals surface area (Å²) >= 11 is 6.10. The fourth-order valence-electron chi connectivity index (χ4n) is 3.50. The van der Waals surface area contributed by atoms with E-state index in [4.69, 9.17) is 21.1 Å². The van der Waals surface area contributed by atoms with E-state index in [9.17, 15) is 14.9 Å². The number of non-ortho nitro benzene ring substituents is 1. The van der Waals surface area contributed by atoms with Gasteiger partial charge in [0, 0.05) is 17.7 Å². The van der Waals surface area contributed by atoms with Crippen LogP contribution >= 0.6 is 11.6 Å². The quantitative estimate of drug-likeness (QED) is 0.616. The Labute approximate surface area is 166 Å². The summed E-state index contributed by atoms with van der Waals surface area (Å²) in [6.07, 6.45) is 0. The number of hydrogen-bond acceptors (Lipinski definition) is 5. The first-order valence-corrected chi connectivity index (χ1v) is 9.34. The van der Waals surface area contributed by atoms with Gasteiger partial charge in [0.2, 0.25) is 6.79 Å². The van der Waals surface area contributed by atoms with Crippen molar-refractivity contribution in [2.75, 3.05) is 33.0 Å². The first kappa shape index (κ1) is 18.5. The van der Waals surface area contributed by atoms with E-state index < -0.39 is 4.92 Å². The summed E-state index contributed by atoms with van der Waals surface area (Å²) < 4.78 is 10.8. The highest BCUT2D eigenvalue weighted by molar-refractivity contribution is 6.33. The summed E-state index contributed by atoms with van der Waals surface area (Å²) in [4.78, 5) is 26.3. The molecular formula is C19H19ClN3O5+. The Morgan fingerprint density at radius 1 is 1.14 bits per heavy atom. The van der Waals surface area contributed by atoms with Gasteiger partial charge in [-0.15, -0.1) is 0 Å². The zero-order valence-corrected chi connectivity index (χ0v) is 15.8. The second-order valence-electron chi connectivity index (χ2n) is 6.83. The van der Waals surface area contributed by atoms with E-state index in [1.807, 2.05) is 18.2 Å². The second-order valence-corrected chi connectivity index (χ2v) is 7.24. The van der Waals surface area contributed by atoms with Crippen molar-refractivity contribution in [3.8, 4) is 11.5 Å². The number of halogens is 1. The maximum Gasteiger partial charge on any atom is 0.270 e. The first-order chi connectivity index (χ1) is 13.5. The highest BCUT2D eigenvalue weighted by Crippen LogP contribution is 2.32. The molecule has 8 nitrogen and oxygen atoms in total. The topological polar surface area (TPSA) is 86.4 Å². The Balaban J connectivity index is 1.38. The highest BCUT2D eigenvalue weighted by Gasteiger charge is 2.27. The molecular weight excluding hydrogens is 386 g/mol. The maximum atomic E-state index is 12.8. The number of fused-ring (bicyclic) bond motifs is 1. The number of benzene rings is 2. The van der Waals surface area contributed by atoms with Gasteiger partial charge in [0.15, 0.2) is 11.5 Å². The standard InChI is InChI=1S/C19H18ClN3O5/c20-16-3-2-14(23(25)26)10-15(16)19(24)22-7-5-21(6-8-22)11-13-1-4-17-18(9-13)28-12-27-17/h1-4,9-10H,5-8,11-12H2/p+1. The molecule has 2 heterocycles. The van der Waals surface area contributed by atoms with Crippen LogP contribution in [0.25, 0.3) is 0 Å². The number of carbonyl (C=O) groups is 1. The van der Waals surface area contributed by atoms with Crippen LogP contribution in [0.4, 0.5) is 5.69 Å². The molecule has 2 aliphatic rings. The Morgan fingerprint density at radius 2 is 1.89 bits per heavy atom. The zero-order valence-electron chi connectivity index (χ0n) is 15.0. The number of quaternary nitrogens is 1. The average Bonchev–Trinajstić information content (AvgIpc) is 3.16. The Bertz CT molecular complexity index is 928. The number of nitro groups is 1. The van der Waals surface area contributed by atoms with Crippen LogP contribution in [0, 0.1) is 10.1 Å². The molecule has 2 aromatic rings. The van der Waals surface area contributed by atoms with Crippen molar-refractivity contribution in [3.05, 3.63) is 62.7 Å². The molecule has 9 heteroatoms. The number of carbonyl (C=O) groups excluding carboxylic acids is 1. The van der Waals surface area contributed by atoms with Crippen LogP contribution in [-0.4, -0.2) is 48.7 Å². The largest absolute Gasteiger partial charge is 0.454 e. The minimum atomic E-state index is -0.527. The molecule has 4 rings (SSSR count). The second kappa shape index (κ2) is 7.65. The fraction of sp³-hybridized carbons (Fsp3) is 0.316. The molecule has 0 aromatic heterocycles. The van der Waals surface area contributed by atoms with Crippen molar-refractivity contribution in [2.24, 2.45) is 0 Å². The molecule has 146 valence electrons. The van der Waals surface area contributed by atoms with Gasteiger partial charge < -0.3 is 19.3 Å². The minimum absolute atomic E-state index is 0.139. The van der Waals surface area contributed by atoms with E-state index in [2.05, 4.69) is 0 Å². The van der Waals surface area contributed by atoms with Gasteiger partial charge in [0.05, 0.1) is 41.7 Å². The van der Waals surface area contributed by atoms with E-state index in [1.54, 1.807) is 4.90 Å². The van der Waals surface area contributed by atoms with Crippen molar-refractivity contribution in [3.63, 3.8) is 0 Å². The van der Waals surface area contributed by atoms with E-state index in [-0.39, 0.29) is 29.0 Å². The number of ether oxygens (including phenoxy) is 2. The van der Waals surface area contributed by atoms with Crippen molar-refractivity contribution in [1.29, 1.82) is 0 Å². The molecule has 0 atom stereocenters. The monoisotopic (exact) mass is 404 g/mol. The van der Waals surface area contributed by atoms with Crippen LogP contribution in [0.5, 0.6) is 11.5 Å². The Morgan fingerprint density at radius 3 is 2.64 bits per heavy atom. The summed E-state index contributed by atoms with van der Waals surface area (Å²) in [6, 6.07) is 9.88. The van der Waals surface area contributed by atoms with Gasteiger partial charge in [-0.3, -0.25) is 14.9 Å². The van der Waals surface area contributed by atoms with E-state index >= 15 is 0 Å². The molecule has 1 fully saturated rings. The number of rotatable bonds is 4. The molecule has 0 bridgehead atoms. The third kappa shape index (κ3) is 3.74. The van der Waals surface area contributed by atoms with E-state index in [0.717, 1.165) is 36.7 Å². The van der Waals surface area contributed by atoms with Gasteiger partial charge in [-0.1, -0.05) is 11.6 Å². The van der Waals surface area contributed by atoms with E-state index in [0.29, 0.717) is 13.1 Å². The lowest BCUT2D eigenvalue weighted by Gasteiger charge is -2.32. The SMILES string of the molecule is O=C(c1cc([N+](=O)[O-])ccc1Cl)N1CC[NH+](Cc2ccc3c(c2)OCO3)CC1. The molecule has 1 amide bonds. The Kier molecular flexibility index (Phi) is 5.06. The van der Waals surface area contributed by atoms with Crippen molar-refractivity contribution in [1.82, 2.24) is 4.90 Å².